The molecule has 2 aromatic rings. The van der Waals surface area contributed by atoms with Crippen molar-refractivity contribution >= 4 is 11.8 Å². The highest BCUT2D eigenvalue weighted by atomic mass is 16.2. The number of aromatic nitrogens is 5. The number of aryl methyl sites for hydroxylation is 2. The highest BCUT2D eigenvalue weighted by Crippen LogP contribution is 2.30. The van der Waals surface area contributed by atoms with E-state index in [1.165, 1.54) is 25.6 Å². The summed E-state index contributed by atoms with van der Waals surface area (Å²) in [4.78, 5) is 16.7. The van der Waals surface area contributed by atoms with Crippen molar-refractivity contribution in [2.24, 2.45) is 0 Å². The third kappa shape index (κ3) is 4.00. The van der Waals surface area contributed by atoms with Crippen LogP contribution in [0.4, 0.5) is 10.6 Å². The van der Waals surface area contributed by atoms with Gasteiger partial charge in [-0.2, -0.15) is 10.2 Å². The van der Waals surface area contributed by atoms with Crippen LogP contribution in [0.15, 0.2) is 12.4 Å². The van der Waals surface area contributed by atoms with Crippen molar-refractivity contribution in [3.63, 3.8) is 0 Å². The molecule has 0 aliphatic heterocycles. The molecule has 1 aliphatic rings. The lowest BCUT2D eigenvalue weighted by Gasteiger charge is -2.24. The maximum atomic E-state index is 12.4. The monoisotopic (exact) mass is 345 g/mol. The molecular formula is C17H27N7O. The Kier molecular flexibility index (Phi) is 5.35. The number of hydrogen-bond donors (Lipinski definition) is 2. The lowest BCUT2D eigenvalue weighted by atomic mass is 9.96. The fourth-order valence-corrected chi connectivity index (χ4v) is 3.48. The minimum Gasteiger partial charge on any atom is -0.328 e. The number of carbonyl (C=O) groups excluding carboxylic acids is 1. The highest BCUT2D eigenvalue weighted by Gasteiger charge is 2.21. The van der Waals surface area contributed by atoms with Crippen LogP contribution in [0.2, 0.25) is 0 Å². The molecule has 1 atom stereocenters. The fourth-order valence-electron chi connectivity index (χ4n) is 3.48. The molecule has 1 aliphatic carbocycles. The summed E-state index contributed by atoms with van der Waals surface area (Å²) in [5.41, 5.74) is 0.916. The van der Waals surface area contributed by atoms with E-state index in [1.807, 2.05) is 31.5 Å². The molecule has 2 amide bonds. The first-order valence-electron chi connectivity index (χ1n) is 9.10. The molecule has 2 N–H and O–H groups in total. The maximum Gasteiger partial charge on any atom is 0.320 e. The quantitative estimate of drug-likeness (QED) is 0.871. The normalized spacial score (nSPS) is 16.6. The van der Waals surface area contributed by atoms with Crippen LogP contribution in [0.3, 0.4) is 0 Å². The fraction of sp³-hybridized carbons (Fsp3) is 0.647. The van der Waals surface area contributed by atoms with Crippen molar-refractivity contribution in [1.82, 2.24) is 29.9 Å². The minimum atomic E-state index is -0.255. The van der Waals surface area contributed by atoms with E-state index in [9.17, 15) is 4.79 Å². The van der Waals surface area contributed by atoms with Gasteiger partial charge in [-0.05, 0) is 33.6 Å². The predicted molar refractivity (Wildman–Crippen MR) is 95.4 cm³/mol. The summed E-state index contributed by atoms with van der Waals surface area (Å²) in [5, 5.41) is 14.6. The predicted octanol–water partition coefficient (Wildman–Crippen LogP) is 3.19. The summed E-state index contributed by atoms with van der Waals surface area (Å²) in [6.45, 7) is 6.57. The number of anilines is 1. The molecule has 1 fully saturated rings. The van der Waals surface area contributed by atoms with Gasteiger partial charge in [0.2, 0.25) is 0 Å². The van der Waals surface area contributed by atoms with Gasteiger partial charge in [-0.15, -0.1) is 0 Å². The maximum absolute atomic E-state index is 12.4. The summed E-state index contributed by atoms with van der Waals surface area (Å²) >= 11 is 0. The van der Waals surface area contributed by atoms with E-state index in [1.54, 1.807) is 4.68 Å². The molecule has 1 unspecified atom stereocenters. The van der Waals surface area contributed by atoms with E-state index in [0.717, 1.165) is 36.7 Å². The zero-order chi connectivity index (χ0) is 17.8. The van der Waals surface area contributed by atoms with Gasteiger partial charge in [0.05, 0.1) is 17.8 Å². The molecule has 0 radical (unpaired) electrons. The third-order valence-electron chi connectivity index (χ3n) is 4.70. The average molecular weight is 345 g/mol. The zero-order valence-corrected chi connectivity index (χ0v) is 15.2. The van der Waals surface area contributed by atoms with Gasteiger partial charge in [0, 0.05) is 12.6 Å². The Labute approximate surface area is 148 Å². The lowest BCUT2D eigenvalue weighted by molar-refractivity contribution is 0.248. The molecule has 8 heteroatoms. The second-order valence-electron chi connectivity index (χ2n) is 6.66. The SMILES string of the molecule is CCn1ncnc1C(C)NC(=O)Nc1cc(C)nn1C1CCCCC1. The first kappa shape index (κ1) is 17.4. The number of carbonyl (C=O) groups is 1. The van der Waals surface area contributed by atoms with Gasteiger partial charge in [-0.3, -0.25) is 5.32 Å². The van der Waals surface area contributed by atoms with Crippen LogP contribution in [0.1, 0.15) is 69.6 Å². The summed E-state index contributed by atoms with van der Waals surface area (Å²) in [7, 11) is 0. The zero-order valence-electron chi connectivity index (χ0n) is 15.2. The molecule has 0 aromatic carbocycles. The first-order chi connectivity index (χ1) is 12.1. The standard InChI is InChI=1S/C17H27N7O/c1-4-23-16(18-11-19-23)13(3)20-17(25)21-15-10-12(2)22-24(15)14-8-6-5-7-9-14/h10-11,13-14H,4-9H2,1-3H3,(H2,20,21,25). The van der Waals surface area contributed by atoms with Crippen LogP contribution in [0.5, 0.6) is 0 Å². The molecule has 3 rings (SSSR count). The van der Waals surface area contributed by atoms with Gasteiger partial charge in [-0.1, -0.05) is 19.3 Å². The molecule has 136 valence electrons. The molecular weight excluding hydrogens is 318 g/mol. The average Bonchev–Trinajstić information content (AvgIpc) is 3.21. The largest absolute Gasteiger partial charge is 0.328 e. The van der Waals surface area contributed by atoms with Gasteiger partial charge in [0.25, 0.3) is 0 Å². The second-order valence-corrected chi connectivity index (χ2v) is 6.66. The first-order valence-corrected chi connectivity index (χ1v) is 9.10. The molecule has 2 heterocycles. The van der Waals surface area contributed by atoms with E-state index in [4.69, 9.17) is 0 Å². The van der Waals surface area contributed by atoms with Crippen molar-refractivity contribution in [2.75, 3.05) is 5.32 Å². The van der Waals surface area contributed by atoms with Crippen LogP contribution in [0.25, 0.3) is 0 Å². The molecule has 2 aromatic heterocycles. The number of nitrogens with one attached hydrogen (secondary N) is 2. The highest BCUT2D eigenvalue weighted by molar-refractivity contribution is 5.88. The smallest absolute Gasteiger partial charge is 0.320 e. The summed E-state index contributed by atoms with van der Waals surface area (Å²) < 4.78 is 3.76. The third-order valence-corrected chi connectivity index (χ3v) is 4.70. The Morgan fingerprint density at radius 3 is 2.84 bits per heavy atom. The molecule has 25 heavy (non-hydrogen) atoms. The Balaban J connectivity index is 1.66. The van der Waals surface area contributed by atoms with Crippen molar-refractivity contribution in [3.05, 3.63) is 23.9 Å². The van der Waals surface area contributed by atoms with E-state index >= 15 is 0 Å². The number of amides is 2. The van der Waals surface area contributed by atoms with Crippen molar-refractivity contribution in [2.45, 2.75) is 71.5 Å². The van der Waals surface area contributed by atoms with Gasteiger partial charge in [0.1, 0.15) is 18.0 Å². The molecule has 1 saturated carbocycles. The van der Waals surface area contributed by atoms with E-state index < -0.39 is 0 Å². The van der Waals surface area contributed by atoms with E-state index in [2.05, 4.69) is 25.8 Å². The second kappa shape index (κ2) is 7.67. The van der Waals surface area contributed by atoms with Gasteiger partial charge < -0.3 is 5.32 Å². The Hall–Kier alpha value is -2.38. The Bertz CT molecular complexity index is 714. The van der Waals surface area contributed by atoms with Crippen LogP contribution in [-0.4, -0.2) is 30.6 Å². The number of hydrogen-bond acceptors (Lipinski definition) is 4. The minimum absolute atomic E-state index is 0.227. The van der Waals surface area contributed by atoms with Crippen LogP contribution >= 0.6 is 0 Å². The van der Waals surface area contributed by atoms with E-state index in [0.29, 0.717) is 6.04 Å². The van der Waals surface area contributed by atoms with Gasteiger partial charge in [-0.25, -0.2) is 19.1 Å². The summed E-state index contributed by atoms with van der Waals surface area (Å²) in [6, 6.07) is 1.82. The molecule has 0 spiro atoms. The van der Waals surface area contributed by atoms with E-state index in [-0.39, 0.29) is 12.1 Å². The van der Waals surface area contributed by atoms with Crippen molar-refractivity contribution in [3.8, 4) is 0 Å². The Morgan fingerprint density at radius 2 is 2.12 bits per heavy atom. The lowest BCUT2D eigenvalue weighted by Crippen LogP contribution is -2.33. The molecule has 8 nitrogen and oxygen atoms in total. The number of urea groups is 1. The van der Waals surface area contributed by atoms with Crippen molar-refractivity contribution < 1.29 is 4.79 Å². The van der Waals surface area contributed by atoms with Crippen LogP contribution in [0, 0.1) is 6.92 Å². The van der Waals surface area contributed by atoms with Crippen LogP contribution in [-0.2, 0) is 6.54 Å². The summed E-state index contributed by atoms with van der Waals surface area (Å²) in [6.07, 6.45) is 7.48. The Morgan fingerprint density at radius 1 is 1.36 bits per heavy atom. The topological polar surface area (TPSA) is 89.7 Å². The van der Waals surface area contributed by atoms with Crippen LogP contribution < -0.4 is 10.6 Å². The molecule has 0 bridgehead atoms. The van der Waals surface area contributed by atoms with Crippen molar-refractivity contribution in [1.29, 1.82) is 0 Å². The summed E-state index contributed by atoms with van der Waals surface area (Å²) in [5.74, 6) is 1.50. The van der Waals surface area contributed by atoms with Gasteiger partial charge >= 0.3 is 6.03 Å². The number of rotatable bonds is 5. The number of nitrogens with zero attached hydrogens (tertiary/aromatic N) is 5. The van der Waals surface area contributed by atoms with Gasteiger partial charge in [0.15, 0.2) is 0 Å². The molecule has 0 saturated heterocycles.